The topological polar surface area (TPSA) is 31.4 Å². The number of thiazole rings is 1. The monoisotopic (exact) mass is 302 g/mol. The number of nitrogens with one attached hydrogen (secondary N) is 1. The summed E-state index contributed by atoms with van der Waals surface area (Å²) in [7, 11) is 2.09. The van der Waals surface area contributed by atoms with Crippen LogP contribution in [0, 0.1) is 0 Å². The molecule has 3 saturated heterocycles. The molecule has 4 nitrogen and oxygen atoms in total. The predicted octanol–water partition coefficient (Wildman–Crippen LogP) is 1.43. The van der Waals surface area contributed by atoms with Crippen LogP contribution in [0.5, 0.6) is 0 Å². The summed E-state index contributed by atoms with van der Waals surface area (Å²) in [5, 5.41) is 4.81. The summed E-state index contributed by atoms with van der Waals surface area (Å²) in [6.45, 7) is 6.14. The molecule has 3 aliphatic rings. The van der Waals surface area contributed by atoms with Gasteiger partial charge in [0.15, 0.2) is 0 Å². The number of rotatable bonds is 4. The molecule has 2 unspecified atom stereocenters. The van der Waals surface area contributed by atoms with Crippen LogP contribution in [-0.4, -0.2) is 66.6 Å². The number of likely N-dealkylation sites (N-methyl/N-ethyl adjacent to an activating group) is 1. The minimum absolute atomic E-state index is 0.494. The van der Waals surface area contributed by atoms with E-state index in [-0.39, 0.29) is 0 Å². The maximum Gasteiger partial charge on any atom is 0.0954 e. The van der Waals surface area contributed by atoms with Crippen LogP contribution < -0.4 is 5.32 Å². The molecule has 2 atom stereocenters. The van der Waals surface area contributed by atoms with E-state index < -0.39 is 0 Å². The van der Waals surface area contributed by atoms with Gasteiger partial charge in [-0.2, -0.15) is 0 Å². The molecule has 0 saturated carbocycles. The maximum atomic E-state index is 4.80. The third-order valence-corrected chi connectivity index (χ3v) is 5.95. The maximum absolute atomic E-state index is 4.80. The van der Waals surface area contributed by atoms with Gasteiger partial charge in [-0.15, -0.1) is 11.3 Å². The lowest BCUT2D eigenvalue weighted by atomic mass is 9.98. The molecule has 1 aromatic carbocycles. The Morgan fingerprint density at radius 1 is 1.29 bits per heavy atom. The summed E-state index contributed by atoms with van der Waals surface area (Å²) in [5.41, 5.74) is 1.14. The van der Waals surface area contributed by atoms with Gasteiger partial charge in [0.1, 0.15) is 0 Å². The van der Waals surface area contributed by atoms with E-state index in [1.807, 2.05) is 11.3 Å². The molecule has 1 aromatic heterocycles. The summed E-state index contributed by atoms with van der Waals surface area (Å²) >= 11 is 1.84. The number of benzene rings is 1. The first-order valence-corrected chi connectivity index (χ1v) is 8.63. The van der Waals surface area contributed by atoms with Crippen LogP contribution in [-0.2, 0) is 6.42 Å². The van der Waals surface area contributed by atoms with Gasteiger partial charge in [0.25, 0.3) is 0 Å². The zero-order valence-corrected chi connectivity index (χ0v) is 13.3. The molecule has 5 rings (SSSR count). The average molecular weight is 302 g/mol. The minimum Gasteiger partial charge on any atom is -0.315 e. The smallest absolute Gasteiger partial charge is 0.0954 e. The molecule has 4 heterocycles. The summed E-state index contributed by atoms with van der Waals surface area (Å²) in [6.07, 6.45) is 1.03. The largest absolute Gasteiger partial charge is 0.315 e. The van der Waals surface area contributed by atoms with Crippen molar-refractivity contribution < 1.29 is 0 Å². The van der Waals surface area contributed by atoms with Crippen LogP contribution in [0.3, 0.4) is 0 Å². The van der Waals surface area contributed by atoms with Gasteiger partial charge in [-0.05, 0) is 19.2 Å². The van der Waals surface area contributed by atoms with Crippen molar-refractivity contribution in [3.05, 3.63) is 29.3 Å². The Kier molecular flexibility index (Phi) is 3.67. The van der Waals surface area contributed by atoms with Gasteiger partial charge < -0.3 is 5.32 Å². The fourth-order valence-corrected chi connectivity index (χ4v) is 4.69. The Morgan fingerprint density at radius 3 is 2.76 bits per heavy atom. The van der Waals surface area contributed by atoms with E-state index in [9.17, 15) is 0 Å². The van der Waals surface area contributed by atoms with Crippen molar-refractivity contribution in [2.45, 2.75) is 18.5 Å². The number of hydrogen-bond acceptors (Lipinski definition) is 5. The third kappa shape index (κ3) is 2.59. The van der Waals surface area contributed by atoms with Gasteiger partial charge in [-0.3, -0.25) is 9.80 Å². The van der Waals surface area contributed by atoms with Crippen molar-refractivity contribution in [1.82, 2.24) is 20.1 Å². The highest BCUT2D eigenvalue weighted by molar-refractivity contribution is 7.18. The molecule has 112 valence electrons. The first-order chi connectivity index (χ1) is 10.3. The summed E-state index contributed by atoms with van der Waals surface area (Å²) in [6, 6.07) is 9.57. The van der Waals surface area contributed by atoms with E-state index in [1.54, 1.807) is 0 Å². The molecule has 3 fully saturated rings. The van der Waals surface area contributed by atoms with E-state index in [0.717, 1.165) is 11.9 Å². The van der Waals surface area contributed by atoms with E-state index in [0.29, 0.717) is 12.1 Å². The zero-order valence-electron chi connectivity index (χ0n) is 12.5. The first-order valence-electron chi connectivity index (χ1n) is 7.81. The minimum atomic E-state index is 0.494. The number of nitrogens with zero attached hydrogens (tertiary/aromatic N) is 3. The number of piperazine rings is 3. The van der Waals surface area contributed by atoms with Gasteiger partial charge in [0.2, 0.25) is 0 Å². The van der Waals surface area contributed by atoms with Crippen molar-refractivity contribution >= 4 is 21.6 Å². The Bertz CT molecular complexity index is 585. The first kappa shape index (κ1) is 13.6. The van der Waals surface area contributed by atoms with E-state index in [2.05, 4.69) is 46.4 Å². The molecule has 0 aliphatic carbocycles. The van der Waals surface area contributed by atoms with Crippen molar-refractivity contribution in [3.8, 4) is 0 Å². The van der Waals surface area contributed by atoms with Crippen LogP contribution in [0.1, 0.15) is 5.01 Å². The predicted molar refractivity (Wildman–Crippen MR) is 88.0 cm³/mol. The standard InChI is InChI=1S/C16H22N4S/c1-17-13(14-11-19-6-8-20(14)9-7-19)10-16-18-12-4-2-3-5-15(12)21-16/h2-5,13-14,17H,6-11H2,1H3. The summed E-state index contributed by atoms with van der Waals surface area (Å²) < 4.78 is 1.30. The van der Waals surface area contributed by atoms with E-state index >= 15 is 0 Å². The molecule has 0 spiro atoms. The summed E-state index contributed by atoms with van der Waals surface area (Å²) in [5.74, 6) is 0. The van der Waals surface area contributed by atoms with Crippen LogP contribution in [0.15, 0.2) is 24.3 Å². The van der Waals surface area contributed by atoms with Crippen molar-refractivity contribution in [1.29, 1.82) is 0 Å². The second-order valence-electron chi connectivity index (χ2n) is 6.08. The third-order valence-electron chi connectivity index (χ3n) is 4.89. The molecule has 2 bridgehead atoms. The van der Waals surface area contributed by atoms with Gasteiger partial charge in [-0.25, -0.2) is 4.98 Å². The van der Waals surface area contributed by atoms with Gasteiger partial charge in [-0.1, -0.05) is 12.1 Å². The van der Waals surface area contributed by atoms with Crippen LogP contribution in [0.4, 0.5) is 0 Å². The van der Waals surface area contributed by atoms with Gasteiger partial charge >= 0.3 is 0 Å². The Labute approximate surface area is 129 Å². The SMILES string of the molecule is CNC(Cc1nc2ccccc2s1)C1CN2CCN1CC2. The van der Waals surface area contributed by atoms with Gasteiger partial charge in [0.05, 0.1) is 15.2 Å². The molecule has 5 heteroatoms. The van der Waals surface area contributed by atoms with Crippen LogP contribution in [0.25, 0.3) is 10.2 Å². The second kappa shape index (κ2) is 5.65. The molecule has 1 N–H and O–H groups in total. The van der Waals surface area contributed by atoms with Crippen LogP contribution in [0.2, 0.25) is 0 Å². The highest BCUT2D eigenvalue weighted by Crippen LogP contribution is 2.25. The normalized spacial score (nSPS) is 29.9. The lowest BCUT2D eigenvalue weighted by Crippen LogP contribution is -2.66. The molecule has 2 aromatic rings. The van der Waals surface area contributed by atoms with E-state index in [4.69, 9.17) is 4.98 Å². The Hall–Kier alpha value is -1.01. The van der Waals surface area contributed by atoms with Crippen LogP contribution >= 0.6 is 11.3 Å². The zero-order chi connectivity index (χ0) is 14.2. The van der Waals surface area contributed by atoms with Gasteiger partial charge in [0, 0.05) is 51.2 Å². The Morgan fingerprint density at radius 2 is 2.10 bits per heavy atom. The molecule has 3 aliphatic heterocycles. The van der Waals surface area contributed by atoms with Crippen molar-refractivity contribution in [3.63, 3.8) is 0 Å². The highest BCUT2D eigenvalue weighted by atomic mass is 32.1. The average Bonchev–Trinajstić information content (AvgIpc) is 2.96. The van der Waals surface area contributed by atoms with Crippen molar-refractivity contribution in [2.75, 3.05) is 39.8 Å². The molecule has 0 radical (unpaired) electrons. The number of aromatic nitrogens is 1. The summed E-state index contributed by atoms with van der Waals surface area (Å²) in [4.78, 5) is 10.1. The lowest BCUT2D eigenvalue weighted by Gasteiger charge is -2.50. The molecule has 0 amide bonds. The molecular weight excluding hydrogens is 280 g/mol. The lowest BCUT2D eigenvalue weighted by molar-refractivity contribution is -0.00201. The number of fused-ring (bicyclic) bond motifs is 4. The fourth-order valence-electron chi connectivity index (χ4n) is 3.67. The fraction of sp³-hybridized carbons (Fsp3) is 0.562. The molecular formula is C16H22N4S. The van der Waals surface area contributed by atoms with E-state index in [1.165, 1.54) is 42.4 Å². The second-order valence-corrected chi connectivity index (χ2v) is 7.19. The molecule has 21 heavy (non-hydrogen) atoms. The quantitative estimate of drug-likeness (QED) is 0.926. The van der Waals surface area contributed by atoms with Crippen molar-refractivity contribution in [2.24, 2.45) is 0 Å². The Balaban J connectivity index is 1.53. The highest BCUT2D eigenvalue weighted by Gasteiger charge is 2.36. The number of hydrogen-bond donors (Lipinski definition) is 1. The number of para-hydroxylation sites is 1.